The van der Waals surface area contributed by atoms with E-state index in [2.05, 4.69) is 20.8 Å². The molecule has 4 heteroatoms. The molecule has 4 nitrogen and oxygen atoms in total. The lowest BCUT2D eigenvalue weighted by Crippen LogP contribution is -2.36. The molecule has 0 aliphatic carbocycles. The Kier molecular flexibility index (Phi) is 4.20. The minimum absolute atomic E-state index is 0.0119. The molecule has 0 amide bonds. The first-order chi connectivity index (χ1) is 7.67. The Morgan fingerprint density at radius 2 is 1.76 bits per heavy atom. The fourth-order valence-electron chi connectivity index (χ4n) is 1.87. The van der Waals surface area contributed by atoms with Gasteiger partial charge in [0.25, 0.3) is 0 Å². The molecule has 0 aromatic heterocycles. The zero-order valence-electron chi connectivity index (χ0n) is 11.7. The predicted molar refractivity (Wildman–Crippen MR) is 63.9 cm³/mol. The molecule has 1 atom stereocenters. The molecule has 1 aliphatic rings. The maximum Gasteiger partial charge on any atom is 0.372 e. The van der Waals surface area contributed by atoms with Crippen molar-refractivity contribution in [3.8, 4) is 0 Å². The molecule has 1 rings (SSSR count). The van der Waals surface area contributed by atoms with Gasteiger partial charge in [0.1, 0.15) is 0 Å². The number of hydrogen-bond acceptors (Lipinski definition) is 4. The fourth-order valence-corrected chi connectivity index (χ4v) is 1.87. The molecule has 0 aromatic carbocycles. The molecule has 1 unspecified atom stereocenters. The standard InChI is InChI=1S/C13H24O4/c1-9(2)8-15-11(14)13(16-17-13)10(3)7-12(4,5)6/h9-10H,7-8H2,1-6H3. The number of carbonyl (C=O) groups is 1. The first-order valence-corrected chi connectivity index (χ1v) is 6.21. The number of esters is 1. The molecule has 0 saturated carbocycles. The van der Waals surface area contributed by atoms with Gasteiger partial charge in [-0.1, -0.05) is 41.5 Å². The third-order valence-electron chi connectivity index (χ3n) is 2.66. The van der Waals surface area contributed by atoms with Gasteiger partial charge in [-0.05, 0) is 17.8 Å². The van der Waals surface area contributed by atoms with Gasteiger partial charge in [0, 0.05) is 5.92 Å². The number of ether oxygens (including phenoxy) is 1. The molecule has 1 saturated heterocycles. The lowest BCUT2D eigenvalue weighted by Gasteiger charge is -2.24. The van der Waals surface area contributed by atoms with Crippen LogP contribution in [0.2, 0.25) is 0 Å². The highest BCUT2D eigenvalue weighted by molar-refractivity contribution is 5.79. The average molecular weight is 244 g/mol. The molecule has 0 spiro atoms. The van der Waals surface area contributed by atoms with E-state index in [4.69, 9.17) is 14.5 Å². The Morgan fingerprint density at radius 1 is 1.24 bits per heavy atom. The van der Waals surface area contributed by atoms with Crippen molar-refractivity contribution in [2.45, 2.75) is 53.8 Å². The Bertz CT molecular complexity index is 274. The van der Waals surface area contributed by atoms with Gasteiger partial charge in [-0.3, -0.25) is 0 Å². The summed E-state index contributed by atoms with van der Waals surface area (Å²) in [5.74, 6) is -1.25. The normalized spacial score (nSPS) is 20.2. The van der Waals surface area contributed by atoms with E-state index >= 15 is 0 Å². The number of rotatable bonds is 5. The Hall–Kier alpha value is -0.610. The van der Waals surface area contributed by atoms with Gasteiger partial charge >= 0.3 is 11.8 Å². The van der Waals surface area contributed by atoms with Crippen LogP contribution in [0.3, 0.4) is 0 Å². The first kappa shape index (κ1) is 14.5. The van der Waals surface area contributed by atoms with Gasteiger partial charge in [-0.15, -0.1) is 0 Å². The molecular weight excluding hydrogens is 220 g/mol. The van der Waals surface area contributed by atoms with E-state index in [-0.39, 0.29) is 11.3 Å². The predicted octanol–water partition coefficient (Wildman–Crippen LogP) is 2.92. The highest BCUT2D eigenvalue weighted by Crippen LogP contribution is 2.43. The summed E-state index contributed by atoms with van der Waals surface area (Å²) >= 11 is 0. The van der Waals surface area contributed by atoms with Gasteiger partial charge in [0.2, 0.25) is 0 Å². The zero-order valence-corrected chi connectivity index (χ0v) is 11.7. The van der Waals surface area contributed by atoms with Crippen molar-refractivity contribution in [2.24, 2.45) is 17.3 Å². The molecule has 1 aliphatic heterocycles. The number of carbonyl (C=O) groups excluding carboxylic acids is 1. The second kappa shape index (κ2) is 4.94. The van der Waals surface area contributed by atoms with Gasteiger partial charge in [-0.2, -0.15) is 9.78 Å². The molecular formula is C13H24O4. The highest BCUT2D eigenvalue weighted by atomic mass is 17.4. The Labute approximate surface area is 104 Å². The summed E-state index contributed by atoms with van der Waals surface area (Å²) in [6, 6.07) is 0. The molecule has 0 radical (unpaired) electrons. The molecule has 17 heavy (non-hydrogen) atoms. The summed E-state index contributed by atoms with van der Waals surface area (Å²) in [6.07, 6.45) is 0.837. The van der Waals surface area contributed by atoms with Crippen molar-refractivity contribution < 1.29 is 19.3 Å². The van der Waals surface area contributed by atoms with Crippen LogP contribution in [0.5, 0.6) is 0 Å². The van der Waals surface area contributed by atoms with Crippen LogP contribution in [-0.4, -0.2) is 18.4 Å². The van der Waals surface area contributed by atoms with E-state index in [9.17, 15) is 4.79 Å². The summed E-state index contributed by atoms with van der Waals surface area (Å²) in [7, 11) is 0. The second-order valence-electron chi connectivity index (χ2n) is 6.49. The van der Waals surface area contributed by atoms with Crippen LogP contribution >= 0.6 is 0 Å². The summed E-state index contributed by atoms with van der Waals surface area (Å²) in [5.41, 5.74) is 0.125. The van der Waals surface area contributed by atoms with Crippen molar-refractivity contribution in [3.05, 3.63) is 0 Å². The quantitative estimate of drug-likeness (QED) is 0.424. The van der Waals surface area contributed by atoms with Crippen LogP contribution in [0.15, 0.2) is 0 Å². The lowest BCUT2D eigenvalue weighted by atomic mass is 9.82. The molecule has 100 valence electrons. The van der Waals surface area contributed by atoms with Crippen LogP contribution in [0.4, 0.5) is 0 Å². The van der Waals surface area contributed by atoms with E-state index in [0.717, 1.165) is 6.42 Å². The summed E-state index contributed by atoms with van der Waals surface area (Å²) in [6.45, 7) is 12.7. The van der Waals surface area contributed by atoms with Crippen molar-refractivity contribution in [1.29, 1.82) is 0 Å². The molecule has 0 bridgehead atoms. The van der Waals surface area contributed by atoms with Crippen LogP contribution in [0, 0.1) is 17.3 Å². The average Bonchev–Trinajstić information content (AvgIpc) is 2.91. The van der Waals surface area contributed by atoms with Crippen LogP contribution < -0.4 is 0 Å². The largest absolute Gasteiger partial charge is 0.461 e. The van der Waals surface area contributed by atoms with Gasteiger partial charge in [0.15, 0.2) is 0 Å². The third kappa shape index (κ3) is 3.96. The smallest absolute Gasteiger partial charge is 0.372 e. The van der Waals surface area contributed by atoms with Crippen LogP contribution in [0.25, 0.3) is 0 Å². The van der Waals surface area contributed by atoms with Crippen LogP contribution in [-0.2, 0) is 19.3 Å². The van der Waals surface area contributed by atoms with Crippen molar-refractivity contribution >= 4 is 5.97 Å². The molecule has 0 N–H and O–H groups in total. The third-order valence-corrected chi connectivity index (χ3v) is 2.66. The topological polar surface area (TPSA) is 51.4 Å². The highest BCUT2D eigenvalue weighted by Gasteiger charge is 2.62. The number of hydrogen-bond donors (Lipinski definition) is 0. The Morgan fingerprint density at radius 3 is 2.12 bits per heavy atom. The van der Waals surface area contributed by atoms with E-state index in [1.54, 1.807) is 0 Å². The van der Waals surface area contributed by atoms with E-state index in [0.29, 0.717) is 12.5 Å². The summed E-state index contributed by atoms with van der Waals surface area (Å²) in [4.78, 5) is 21.7. The van der Waals surface area contributed by atoms with E-state index < -0.39 is 11.8 Å². The SMILES string of the molecule is CC(C)COC(=O)C1(C(C)CC(C)(C)C)OO1. The van der Waals surface area contributed by atoms with Gasteiger partial charge in [-0.25, -0.2) is 4.79 Å². The molecule has 1 heterocycles. The summed E-state index contributed by atoms with van der Waals surface area (Å²) in [5, 5.41) is 0. The first-order valence-electron chi connectivity index (χ1n) is 6.21. The molecule has 0 aromatic rings. The minimum atomic E-state index is -1.15. The van der Waals surface area contributed by atoms with Gasteiger partial charge < -0.3 is 4.74 Å². The zero-order chi connectivity index (χ0) is 13.3. The van der Waals surface area contributed by atoms with Crippen LogP contribution in [0.1, 0.15) is 48.0 Å². The monoisotopic (exact) mass is 244 g/mol. The fraction of sp³-hybridized carbons (Fsp3) is 0.923. The van der Waals surface area contributed by atoms with Gasteiger partial charge in [0.05, 0.1) is 6.61 Å². The Balaban J connectivity index is 2.53. The molecule has 1 fully saturated rings. The van der Waals surface area contributed by atoms with Crippen molar-refractivity contribution in [2.75, 3.05) is 6.61 Å². The maximum atomic E-state index is 11.9. The minimum Gasteiger partial charge on any atom is -0.461 e. The second-order valence-corrected chi connectivity index (χ2v) is 6.49. The summed E-state index contributed by atoms with van der Waals surface area (Å²) < 4.78 is 5.18. The van der Waals surface area contributed by atoms with E-state index in [1.165, 1.54) is 0 Å². The van der Waals surface area contributed by atoms with Crippen molar-refractivity contribution in [1.82, 2.24) is 0 Å². The lowest BCUT2D eigenvalue weighted by molar-refractivity contribution is -0.155. The maximum absolute atomic E-state index is 11.9. The van der Waals surface area contributed by atoms with E-state index in [1.807, 2.05) is 20.8 Å². The van der Waals surface area contributed by atoms with Crippen molar-refractivity contribution in [3.63, 3.8) is 0 Å².